The summed E-state index contributed by atoms with van der Waals surface area (Å²) in [4.78, 5) is 20.9. The summed E-state index contributed by atoms with van der Waals surface area (Å²) in [7, 11) is 1.69. The molecule has 0 bridgehead atoms. The van der Waals surface area contributed by atoms with Gasteiger partial charge in [-0.05, 0) is 66.6 Å². The van der Waals surface area contributed by atoms with Crippen molar-refractivity contribution >= 4 is 28.2 Å². The van der Waals surface area contributed by atoms with E-state index in [2.05, 4.69) is 97.8 Å². The average molecular weight is 588 g/mol. The minimum atomic E-state index is -0.0817. The van der Waals surface area contributed by atoms with Crippen LogP contribution in [-0.4, -0.2) is 55.9 Å². The van der Waals surface area contributed by atoms with Crippen LogP contribution in [0.4, 0.5) is 0 Å². The number of aromatic amines is 2. The van der Waals surface area contributed by atoms with E-state index in [1.54, 1.807) is 7.11 Å². The lowest BCUT2D eigenvalue weighted by atomic mass is 10.0. The maximum Gasteiger partial charge on any atom is 0.208 e. The zero-order valence-corrected chi connectivity index (χ0v) is 24.9. The second kappa shape index (κ2) is 12.4. The molecule has 3 aromatic heterocycles. The number of nitrogens with zero attached hydrogens (tertiary/aromatic N) is 4. The lowest BCUT2D eigenvalue weighted by Gasteiger charge is -2.32. The smallest absolute Gasteiger partial charge is 0.208 e. The summed E-state index contributed by atoms with van der Waals surface area (Å²) in [5.74, 6) is 2.69. The van der Waals surface area contributed by atoms with E-state index in [-0.39, 0.29) is 12.2 Å². The van der Waals surface area contributed by atoms with Crippen LogP contribution in [0, 0.1) is 0 Å². The standard InChI is InChI=1S/C35H37N7O2/c1-44-27-15-12-24(13-16-27)22-42-34(17-14-25-20-36-30-9-4-2-7-28(25)30)39-40-35(42)32(41-18-6-11-33(41)38-23-43)19-26-21-37-31-10-5-3-8-29(26)31/h2-5,7-10,12-13,15-16,20-21,23,32-33,36-37H,6,11,14,17-19,22H2,1H3,(H,38,43)/t32-,33+/m1/s1. The maximum absolute atomic E-state index is 11.6. The van der Waals surface area contributed by atoms with E-state index >= 15 is 0 Å². The van der Waals surface area contributed by atoms with Crippen molar-refractivity contribution in [3.05, 3.63) is 114 Å². The molecule has 0 saturated carbocycles. The number of carbonyl (C=O) groups is 1. The van der Waals surface area contributed by atoms with Gasteiger partial charge in [-0.2, -0.15) is 0 Å². The van der Waals surface area contributed by atoms with E-state index in [4.69, 9.17) is 14.9 Å². The summed E-state index contributed by atoms with van der Waals surface area (Å²) in [6.45, 7) is 1.51. The zero-order chi connectivity index (χ0) is 29.9. The summed E-state index contributed by atoms with van der Waals surface area (Å²) in [5.41, 5.74) is 5.90. The number of fused-ring (bicyclic) bond motifs is 2. The molecule has 9 nitrogen and oxygen atoms in total. The molecule has 2 atom stereocenters. The van der Waals surface area contributed by atoms with Crippen molar-refractivity contribution in [3.63, 3.8) is 0 Å². The first-order valence-corrected chi connectivity index (χ1v) is 15.3. The van der Waals surface area contributed by atoms with Crippen LogP contribution in [0.25, 0.3) is 21.8 Å². The number of ether oxygens (including phenoxy) is 1. The van der Waals surface area contributed by atoms with Crippen molar-refractivity contribution in [2.24, 2.45) is 0 Å². The number of nitrogens with one attached hydrogen (secondary N) is 3. The third-order valence-corrected chi connectivity index (χ3v) is 8.99. The molecule has 3 aromatic carbocycles. The van der Waals surface area contributed by atoms with E-state index < -0.39 is 0 Å². The SMILES string of the molecule is COc1ccc(Cn2c(CCc3c[nH]c4ccccc34)nnc2[C@@H](Cc2c[nH]c3ccccc23)N2CCC[C@H]2NC=O)cc1. The molecular formula is C35H37N7O2. The van der Waals surface area contributed by atoms with E-state index in [1.165, 1.54) is 21.9 Å². The Morgan fingerprint density at radius 3 is 2.36 bits per heavy atom. The number of H-pyrrole nitrogens is 2. The van der Waals surface area contributed by atoms with E-state index in [9.17, 15) is 4.79 Å². The highest BCUT2D eigenvalue weighted by Crippen LogP contribution is 2.34. The monoisotopic (exact) mass is 587 g/mol. The number of rotatable bonds is 12. The molecule has 0 aliphatic carbocycles. The van der Waals surface area contributed by atoms with Crippen LogP contribution in [0.15, 0.2) is 85.2 Å². The lowest BCUT2D eigenvalue weighted by molar-refractivity contribution is -0.111. The van der Waals surface area contributed by atoms with Crippen LogP contribution in [0.1, 0.15) is 47.2 Å². The summed E-state index contributed by atoms with van der Waals surface area (Å²) < 4.78 is 7.72. The molecule has 9 heteroatoms. The van der Waals surface area contributed by atoms with Crippen LogP contribution in [0.2, 0.25) is 0 Å². The van der Waals surface area contributed by atoms with Gasteiger partial charge >= 0.3 is 0 Å². The predicted molar refractivity (Wildman–Crippen MR) is 171 cm³/mol. The van der Waals surface area contributed by atoms with Crippen molar-refractivity contribution in [1.82, 2.24) is 34.9 Å². The van der Waals surface area contributed by atoms with Crippen LogP contribution < -0.4 is 10.1 Å². The van der Waals surface area contributed by atoms with Gasteiger partial charge in [0, 0.05) is 47.2 Å². The highest BCUT2D eigenvalue weighted by molar-refractivity contribution is 5.83. The van der Waals surface area contributed by atoms with Crippen LogP contribution in [0.5, 0.6) is 5.75 Å². The first-order valence-electron chi connectivity index (χ1n) is 15.3. The number of methoxy groups -OCH3 is 1. The number of amides is 1. The Labute approximate surface area is 256 Å². The fourth-order valence-corrected chi connectivity index (χ4v) is 6.74. The van der Waals surface area contributed by atoms with Gasteiger partial charge in [-0.15, -0.1) is 10.2 Å². The van der Waals surface area contributed by atoms with Gasteiger partial charge in [0.1, 0.15) is 11.6 Å². The fourth-order valence-electron chi connectivity index (χ4n) is 6.74. The summed E-state index contributed by atoms with van der Waals surface area (Å²) >= 11 is 0. The van der Waals surface area contributed by atoms with Gasteiger partial charge in [0.2, 0.25) is 6.41 Å². The lowest BCUT2D eigenvalue weighted by Crippen LogP contribution is -2.44. The first-order chi connectivity index (χ1) is 21.7. The van der Waals surface area contributed by atoms with Gasteiger partial charge in [0.25, 0.3) is 0 Å². The fraction of sp³-hybridized carbons (Fsp3) is 0.286. The first kappa shape index (κ1) is 27.9. The van der Waals surface area contributed by atoms with Crippen molar-refractivity contribution in [2.45, 2.75) is 50.9 Å². The van der Waals surface area contributed by atoms with Crippen LogP contribution in [-0.2, 0) is 30.6 Å². The molecule has 0 spiro atoms. The van der Waals surface area contributed by atoms with E-state index in [0.717, 1.165) is 79.1 Å². The Morgan fingerprint density at radius 1 is 0.932 bits per heavy atom. The molecule has 4 heterocycles. The number of carbonyl (C=O) groups excluding carboxylic acids is 1. The Morgan fingerprint density at radius 2 is 1.64 bits per heavy atom. The number of aryl methyl sites for hydroxylation is 2. The summed E-state index contributed by atoms with van der Waals surface area (Å²) in [5, 5.41) is 15.3. The molecule has 1 saturated heterocycles. The molecule has 3 N–H and O–H groups in total. The van der Waals surface area contributed by atoms with Gasteiger partial charge in [-0.25, -0.2) is 0 Å². The third kappa shape index (κ3) is 5.46. The molecule has 1 amide bonds. The number of benzene rings is 3. The van der Waals surface area contributed by atoms with Crippen molar-refractivity contribution in [3.8, 4) is 5.75 Å². The zero-order valence-electron chi connectivity index (χ0n) is 24.9. The molecule has 1 aliphatic heterocycles. The van der Waals surface area contributed by atoms with Crippen LogP contribution in [0.3, 0.4) is 0 Å². The average Bonchev–Trinajstić information content (AvgIpc) is 3.86. The highest BCUT2D eigenvalue weighted by Gasteiger charge is 2.35. The predicted octanol–water partition coefficient (Wildman–Crippen LogP) is 5.53. The minimum absolute atomic E-state index is 0.0523. The molecular weight excluding hydrogens is 550 g/mol. The number of likely N-dealkylation sites (tertiary alicyclic amines) is 1. The summed E-state index contributed by atoms with van der Waals surface area (Å²) in [6.07, 6.45) is 9.23. The van der Waals surface area contributed by atoms with Gasteiger partial charge in [0.05, 0.1) is 25.9 Å². The van der Waals surface area contributed by atoms with Gasteiger partial charge in [0.15, 0.2) is 5.82 Å². The second-order valence-electron chi connectivity index (χ2n) is 11.5. The number of aromatic nitrogens is 5. The number of para-hydroxylation sites is 2. The minimum Gasteiger partial charge on any atom is -0.497 e. The molecule has 44 heavy (non-hydrogen) atoms. The van der Waals surface area contributed by atoms with Crippen LogP contribution >= 0.6 is 0 Å². The molecule has 6 aromatic rings. The summed E-state index contributed by atoms with van der Waals surface area (Å²) in [6, 6.07) is 24.9. The quantitative estimate of drug-likeness (QED) is 0.163. The normalized spacial score (nSPS) is 16.1. The van der Waals surface area contributed by atoms with Gasteiger partial charge < -0.3 is 24.6 Å². The Bertz CT molecular complexity index is 1870. The largest absolute Gasteiger partial charge is 0.497 e. The Balaban J connectivity index is 1.28. The Hall–Kier alpha value is -4.89. The third-order valence-electron chi connectivity index (χ3n) is 8.99. The highest BCUT2D eigenvalue weighted by atomic mass is 16.5. The van der Waals surface area contributed by atoms with Crippen molar-refractivity contribution < 1.29 is 9.53 Å². The topological polar surface area (TPSA) is 104 Å². The van der Waals surface area contributed by atoms with Crippen molar-refractivity contribution in [2.75, 3.05) is 13.7 Å². The molecule has 0 radical (unpaired) electrons. The number of hydrogen-bond acceptors (Lipinski definition) is 5. The van der Waals surface area contributed by atoms with E-state index in [0.29, 0.717) is 6.54 Å². The van der Waals surface area contributed by atoms with Crippen molar-refractivity contribution in [1.29, 1.82) is 0 Å². The maximum atomic E-state index is 11.6. The van der Waals surface area contributed by atoms with Gasteiger partial charge in [-0.1, -0.05) is 48.5 Å². The molecule has 1 aliphatic rings. The molecule has 7 rings (SSSR count). The second-order valence-corrected chi connectivity index (χ2v) is 11.5. The number of hydrogen-bond donors (Lipinski definition) is 3. The van der Waals surface area contributed by atoms with E-state index in [1.807, 2.05) is 12.1 Å². The Kier molecular flexibility index (Phi) is 7.85. The molecule has 0 unspecified atom stereocenters. The molecule has 1 fully saturated rings. The van der Waals surface area contributed by atoms with Gasteiger partial charge in [-0.3, -0.25) is 9.69 Å². The molecule has 224 valence electrons.